The van der Waals surface area contributed by atoms with Gasteiger partial charge in [0, 0.05) is 19.1 Å². The van der Waals surface area contributed by atoms with Gasteiger partial charge < -0.3 is 14.8 Å². The molecule has 1 aromatic carbocycles. The zero-order chi connectivity index (χ0) is 19.2. The Kier molecular flexibility index (Phi) is 6.53. The number of nitrogens with one attached hydrogen (secondary N) is 1. The Morgan fingerprint density at radius 2 is 1.96 bits per heavy atom. The predicted octanol–water partition coefficient (Wildman–Crippen LogP) is 4.17. The van der Waals surface area contributed by atoms with Gasteiger partial charge in [-0.25, -0.2) is 0 Å². The number of ether oxygens (including phenoxy) is 2. The third-order valence-corrected chi connectivity index (χ3v) is 6.16. The molecule has 1 saturated carbocycles. The summed E-state index contributed by atoms with van der Waals surface area (Å²) in [5.41, 5.74) is 2.69. The molecule has 1 aliphatic heterocycles. The first-order valence-electron chi connectivity index (χ1n) is 10.8. The molecule has 152 valence electrons. The van der Waals surface area contributed by atoms with Crippen LogP contribution in [0, 0.1) is 0 Å². The minimum atomic E-state index is 0.143. The Bertz CT molecular complexity index is 710. The molecule has 1 heterocycles. The number of carbonyl (C=O) groups excluding carboxylic acids is 1. The number of hydrogen-bond donors (Lipinski definition) is 1. The van der Waals surface area contributed by atoms with Gasteiger partial charge in [-0.05, 0) is 62.6 Å². The van der Waals surface area contributed by atoms with Gasteiger partial charge >= 0.3 is 0 Å². The largest absolute Gasteiger partial charge is 0.454 e. The van der Waals surface area contributed by atoms with Crippen LogP contribution in [0.4, 0.5) is 0 Å². The molecule has 4 rings (SSSR count). The molecule has 0 saturated heterocycles. The monoisotopic (exact) mass is 384 g/mol. The summed E-state index contributed by atoms with van der Waals surface area (Å²) in [6.45, 7) is 2.30. The van der Waals surface area contributed by atoms with Crippen molar-refractivity contribution in [1.82, 2.24) is 10.2 Å². The lowest BCUT2D eigenvalue weighted by molar-refractivity contribution is -0.122. The lowest BCUT2D eigenvalue weighted by Crippen LogP contribution is -2.41. The van der Waals surface area contributed by atoms with Gasteiger partial charge in [0.05, 0.1) is 6.54 Å². The average Bonchev–Trinajstić information content (AvgIpc) is 3.40. The third-order valence-electron chi connectivity index (χ3n) is 6.16. The molecule has 0 unspecified atom stereocenters. The van der Waals surface area contributed by atoms with Crippen LogP contribution >= 0.6 is 0 Å². The van der Waals surface area contributed by atoms with E-state index in [1.165, 1.54) is 62.5 Å². The normalized spacial score (nSPS) is 19.1. The van der Waals surface area contributed by atoms with Crippen LogP contribution in [0.15, 0.2) is 29.8 Å². The summed E-state index contributed by atoms with van der Waals surface area (Å²) in [5.74, 6) is 1.77. The van der Waals surface area contributed by atoms with Crippen molar-refractivity contribution in [2.45, 2.75) is 70.4 Å². The minimum Gasteiger partial charge on any atom is -0.454 e. The van der Waals surface area contributed by atoms with Gasteiger partial charge in [-0.2, -0.15) is 0 Å². The molecule has 1 fully saturated rings. The van der Waals surface area contributed by atoms with Crippen molar-refractivity contribution in [3.8, 4) is 11.5 Å². The van der Waals surface area contributed by atoms with E-state index in [4.69, 9.17) is 9.47 Å². The molecule has 0 radical (unpaired) electrons. The second kappa shape index (κ2) is 9.46. The lowest BCUT2D eigenvalue weighted by atomic mass is 9.97. The number of rotatable bonds is 8. The molecule has 1 amide bonds. The maximum atomic E-state index is 12.6. The molecule has 28 heavy (non-hydrogen) atoms. The second-order valence-electron chi connectivity index (χ2n) is 8.24. The van der Waals surface area contributed by atoms with Gasteiger partial charge in [0.25, 0.3) is 0 Å². The van der Waals surface area contributed by atoms with Gasteiger partial charge in [-0.1, -0.05) is 30.6 Å². The van der Waals surface area contributed by atoms with Crippen LogP contribution in [0.2, 0.25) is 0 Å². The molecule has 1 N–H and O–H groups in total. The van der Waals surface area contributed by atoms with E-state index in [0.29, 0.717) is 19.4 Å². The summed E-state index contributed by atoms with van der Waals surface area (Å²) in [6, 6.07) is 6.61. The average molecular weight is 385 g/mol. The van der Waals surface area contributed by atoms with Gasteiger partial charge in [-0.15, -0.1) is 0 Å². The SMILES string of the molecule is O=C(CN(Cc1ccc2c(c1)OCO2)C1CCCC1)NCCC1=CCCCC1. The zero-order valence-electron chi connectivity index (χ0n) is 16.8. The number of nitrogens with zero attached hydrogens (tertiary/aromatic N) is 1. The van der Waals surface area contributed by atoms with Gasteiger partial charge in [-0.3, -0.25) is 9.69 Å². The second-order valence-corrected chi connectivity index (χ2v) is 8.24. The van der Waals surface area contributed by atoms with Crippen LogP contribution in [0.1, 0.15) is 63.4 Å². The van der Waals surface area contributed by atoms with Crippen molar-refractivity contribution < 1.29 is 14.3 Å². The Morgan fingerprint density at radius 3 is 2.79 bits per heavy atom. The first-order valence-corrected chi connectivity index (χ1v) is 10.8. The number of allylic oxidation sites excluding steroid dienone is 1. The van der Waals surface area contributed by atoms with Crippen molar-refractivity contribution in [2.75, 3.05) is 19.9 Å². The molecule has 5 nitrogen and oxygen atoms in total. The molecular formula is C23H32N2O3. The van der Waals surface area contributed by atoms with Crippen LogP contribution < -0.4 is 14.8 Å². The molecule has 1 aromatic rings. The summed E-state index contributed by atoms with van der Waals surface area (Å²) < 4.78 is 10.9. The van der Waals surface area contributed by atoms with E-state index in [9.17, 15) is 4.79 Å². The maximum Gasteiger partial charge on any atom is 0.234 e. The quantitative estimate of drug-likeness (QED) is 0.684. The van der Waals surface area contributed by atoms with Crippen molar-refractivity contribution in [3.63, 3.8) is 0 Å². The summed E-state index contributed by atoms with van der Waals surface area (Å²) >= 11 is 0. The smallest absolute Gasteiger partial charge is 0.234 e. The van der Waals surface area contributed by atoms with Crippen LogP contribution in [0.3, 0.4) is 0 Å². The molecule has 0 bridgehead atoms. The number of amides is 1. The maximum absolute atomic E-state index is 12.6. The molecule has 0 aromatic heterocycles. The van der Waals surface area contributed by atoms with Crippen molar-refractivity contribution >= 4 is 5.91 Å². The molecular weight excluding hydrogens is 352 g/mol. The van der Waals surface area contributed by atoms with E-state index in [0.717, 1.165) is 31.0 Å². The number of benzene rings is 1. The van der Waals surface area contributed by atoms with Gasteiger partial charge in [0.2, 0.25) is 12.7 Å². The number of hydrogen-bond acceptors (Lipinski definition) is 4. The van der Waals surface area contributed by atoms with Gasteiger partial charge in [0.15, 0.2) is 11.5 Å². The van der Waals surface area contributed by atoms with E-state index >= 15 is 0 Å². The fraction of sp³-hybridized carbons (Fsp3) is 0.609. The van der Waals surface area contributed by atoms with Crippen LogP contribution in [0.25, 0.3) is 0 Å². The Balaban J connectivity index is 1.32. The van der Waals surface area contributed by atoms with E-state index < -0.39 is 0 Å². The third kappa shape index (κ3) is 5.07. The van der Waals surface area contributed by atoms with Crippen molar-refractivity contribution in [2.24, 2.45) is 0 Å². The molecule has 5 heteroatoms. The first-order chi connectivity index (χ1) is 13.8. The Hall–Kier alpha value is -2.01. The molecule has 2 aliphatic carbocycles. The van der Waals surface area contributed by atoms with E-state index in [1.807, 2.05) is 6.07 Å². The predicted molar refractivity (Wildman–Crippen MR) is 109 cm³/mol. The van der Waals surface area contributed by atoms with Crippen LogP contribution in [-0.2, 0) is 11.3 Å². The van der Waals surface area contributed by atoms with Crippen LogP contribution in [0.5, 0.6) is 11.5 Å². The van der Waals surface area contributed by atoms with E-state index in [1.54, 1.807) is 0 Å². The molecule has 0 spiro atoms. The topological polar surface area (TPSA) is 50.8 Å². The zero-order valence-corrected chi connectivity index (χ0v) is 16.8. The highest BCUT2D eigenvalue weighted by atomic mass is 16.7. The highest BCUT2D eigenvalue weighted by Gasteiger charge is 2.25. The van der Waals surface area contributed by atoms with Crippen molar-refractivity contribution in [3.05, 3.63) is 35.4 Å². The summed E-state index contributed by atoms with van der Waals surface area (Å²) in [5, 5.41) is 3.15. The Labute approximate surface area is 168 Å². The summed E-state index contributed by atoms with van der Waals surface area (Å²) in [4.78, 5) is 15.0. The highest BCUT2D eigenvalue weighted by Crippen LogP contribution is 2.33. The van der Waals surface area contributed by atoms with E-state index in [2.05, 4.69) is 28.4 Å². The van der Waals surface area contributed by atoms with Gasteiger partial charge in [0.1, 0.15) is 0 Å². The van der Waals surface area contributed by atoms with Crippen molar-refractivity contribution in [1.29, 1.82) is 0 Å². The Morgan fingerprint density at radius 1 is 1.11 bits per heavy atom. The standard InChI is InChI=1S/C23H32N2O3/c26-23(24-13-12-18-6-2-1-3-7-18)16-25(20-8-4-5-9-20)15-19-10-11-21-22(14-19)28-17-27-21/h6,10-11,14,20H,1-5,7-9,12-13,15-17H2,(H,24,26). The fourth-order valence-corrected chi connectivity index (χ4v) is 4.59. The lowest BCUT2D eigenvalue weighted by Gasteiger charge is -2.28. The number of fused-ring (bicyclic) bond motifs is 1. The highest BCUT2D eigenvalue weighted by molar-refractivity contribution is 5.78. The number of carbonyl (C=O) groups is 1. The summed E-state index contributed by atoms with van der Waals surface area (Å²) in [6.07, 6.45) is 13.3. The minimum absolute atomic E-state index is 0.143. The van der Waals surface area contributed by atoms with E-state index in [-0.39, 0.29) is 5.91 Å². The molecule has 3 aliphatic rings. The molecule has 0 atom stereocenters. The fourth-order valence-electron chi connectivity index (χ4n) is 4.59. The van der Waals surface area contributed by atoms with Crippen LogP contribution in [-0.4, -0.2) is 36.7 Å². The summed E-state index contributed by atoms with van der Waals surface area (Å²) in [7, 11) is 0. The first kappa shape index (κ1) is 19.3.